The number of halogens is 1. The van der Waals surface area contributed by atoms with Crippen LogP contribution in [0.2, 0.25) is 0 Å². The number of benzene rings is 2. The molecule has 0 radical (unpaired) electrons. The van der Waals surface area contributed by atoms with E-state index in [1.54, 1.807) is 19.1 Å². The summed E-state index contributed by atoms with van der Waals surface area (Å²) in [5, 5.41) is 1.16. The minimum atomic E-state index is -3.85. The summed E-state index contributed by atoms with van der Waals surface area (Å²) in [6.07, 6.45) is 1.41. The van der Waals surface area contributed by atoms with Gasteiger partial charge in [-0.05, 0) is 36.1 Å². The number of aryl methyl sites for hydroxylation is 1. The van der Waals surface area contributed by atoms with Crippen molar-refractivity contribution in [2.45, 2.75) is 11.8 Å². The Labute approximate surface area is 108 Å². The standard InChI is InChI=1S/C12H8ClNO3S/c1-8-4-9-2-3-10(14-7-15)6-11(9)12(5-8)18(13,16)17/h2-6H,1H3. The lowest BCUT2D eigenvalue weighted by atomic mass is 10.1. The van der Waals surface area contributed by atoms with Gasteiger partial charge >= 0.3 is 0 Å². The summed E-state index contributed by atoms with van der Waals surface area (Å²) in [7, 11) is 1.55. The van der Waals surface area contributed by atoms with E-state index in [2.05, 4.69) is 4.99 Å². The average molecular weight is 282 g/mol. The Hall–Kier alpha value is -1.68. The lowest BCUT2D eigenvalue weighted by Crippen LogP contribution is -1.93. The molecule has 0 fully saturated rings. The highest BCUT2D eigenvalue weighted by Crippen LogP contribution is 2.30. The fourth-order valence-corrected chi connectivity index (χ4v) is 2.93. The Morgan fingerprint density at radius 1 is 1.22 bits per heavy atom. The van der Waals surface area contributed by atoms with Crippen molar-refractivity contribution in [2.24, 2.45) is 4.99 Å². The number of nitrogens with zero attached hydrogens (tertiary/aromatic N) is 1. The highest BCUT2D eigenvalue weighted by atomic mass is 35.7. The first-order chi connectivity index (χ1) is 8.41. The van der Waals surface area contributed by atoms with E-state index in [-0.39, 0.29) is 4.90 Å². The minimum absolute atomic E-state index is 0.0158. The zero-order valence-corrected chi connectivity index (χ0v) is 10.9. The SMILES string of the molecule is Cc1cc(S(=O)(=O)Cl)c2cc(N=C=O)ccc2c1. The number of hydrogen-bond donors (Lipinski definition) is 0. The molecule has 0 bridgehead atoms. The van der Waals surface area contributed by atoms with Gasteiger partial charge in [0.2, 0.25) is 6.08 Å². The summed E-state index contributed by atoms with van der Waals surface area (Å²) in [4.78, 5) is 13.7. The van der Waals surface area contributed by atoms with Crippen molar-refractivity contribution in [1.82, 2.24) is 0 Å². The molecule has 0 saturated heterocycles. The van der Waals surface area contributed by atoms with Crippen LogP contribution in [0.25, 0.3) is 10.8 Å². The van der Waals surface area contributed by atoms with Gasteiger partial charge in [-0.15, -0.1) is 0 Å². The molecule has 2 aromatic rings. The van der Waals surface area contributed by atoms with Crippen LogP contribution < -0.4 is 0 Å². The molecule has 2 rings (SSSR count). The van der Waals surface area contributed by atoms with Crippen LogP contribution in [0.4, 0.5) is 5.69 Å². The number of rotatable bonds is 2. The third kappa shape index (κ3) is 2.43. The molecule has 0 aliphatic heterocycles. The Kier molecular flexibility index (Phi) is 3.22. The van der Waals surface area contributed by atoms with Gasteiger partial charge in [-0.1, -0.05) is 12.1 Å². The average Bonchev–Trinajstić information content (AvgIpc) is 2.27. The van der Waals surface area contributed by atoms with Gasteiger partial charge in [0.25, 0.3) is 9.05 Å². The first kappa shape index (κ1) is 12.8. The second kappa shape index (κ2) is 4.53. The Morgan fingerprint density at radius 2 is 1.94 bits per heavy atom. The molecule has 0 heterocycles. The molecule has 0 atom stereocenters. The predicted molar refractivity (Wildman–Crippen MR) is 69.5 cm³/mol. The maximum atomic E-state index is 11.5. The normalized spacial score (nSPS) is 11.2. The van der Waals surface area contributed by atoms with Gasteiger partial charge in [0.05, 0.1) is 10.6 Å². The van der Waals surface area contributed by atoms with E-state index in [1.807, 2.05) is 6.07 Å². The smallest absolute Gasteiger partial charge is 0.211 e. The van der Waals surface area contributed by atoms with Crippen LogP contribution >= 0.6 is 10.7 Å². The van der Waals surface area contributed by atoms with E-state index in [1.165, 1.54) is 18.2 Å². The summed E-state index contributed by atoms with van der Waals surface area (Å²) in [5.41, 5.74) is 1.12. The highest BCUT2D eigenvalue weighted by molar-refractivity contribution is 8.14. The summed E-state index contributed by atoms with van der Waals surface area (Å²) in [5.74, 6) is 0. The molecule has 0 aromatic heterocycles. The monoisotopic (exact) mass is 281 g/mol. The first-order valence-corrected chi connectivity index (χ1v) is 7.30. The highest BCUT2D eigenvalue weighted by Gasteiger charge is 2.15. The molecule has 2 aromatic carbocycles. The van der Waals surface area contributed by atoms with Crippen LogP contribution in [0, 0.1) is 6.92 Å². The molecule has 0 aliphatic rings. The van der Waals surface area contributed by atoms with E-state index in [0.717, 1.165) is 10.9 Å². The number of aliphatic imine (C=N–C) groups is 1. The topological polar surface area (TPSA) is 63.6 Å². The van der Waals surface area contributed by atoms with Crippen molar-refractivity contribution < 1.29 is 13.2 Å². The number of fused-ring (bicyclic) bond motifs is 1. The van der Waals surface area contributed by atoms with Crippen LogP contribution in [0.5, 0.6) is 0 Å². The Morgan fingerprint density at radius 3 is 2.56 bits per heavy atom. The maximum absolute atomic E-state index is 11.5. The minimum Gasteiger partial charge on any atom is -0.211 e. The molecule has 4 nitrogen and oxygen atoms in total. The molecule has 18 heavy (non-hydrogen) atoms. The van der Waals surface area contributed by atoms with Crippen LogP contribution in [0.1, 0.15) is 5.56 Å². The molecule has 0 spiro atoms. The van der Waals surface area contributed by atoms with Crippen LogP contribution in [-0.2, 0) is 13.8 Å². The molecule has 0 N–H and O–H groups in total. The van der Waals surface area contributed by atoms with Crippen molar-refractivity contribution in [3.63, 3.8) is 0 Å². The van der Waals surface area contributed by atoms with Crippen molar-refractivity contribution in [2.75, 3.05) is 0 Å². The molecular formula is C12H8ClNO3S. The van der Waals surface area contributed by atoms with E-state index < -0.39 is 9.05 Å². The van der Waals surface area contributed by atoms with Gasteiger partial charge in [-0.25, -0.2) is 13.2 Å². The fraction of sp³-hybridized carbons (Fsp3) is 0.0833. The molecule has 0 saturated carbocycles. The third-order valence-electron chi connectivity index (χ3n) is 2.48. The van der Waals surface area contributed by atoms with Gasteiger partial charge in [-0.2, -0.15) is 4.99 Å². The number of isocyanates is 1. The van der Waals surface area contributed by atoms with E-state index in [0.29, 0.717) is 11.1 Å². The molecule has 0 amide bonds. The first-order valence-electron chi connectivity index (χ1n) is 4.99. The quantitative estimate of drug-likeness (QED) is 0.483. The van der Waals surface area contributed by atoms with Gasteiger partial charge in [0.15, 0.2) is 0 Å². The maximum Gasteiger partial charge on any atom is 0.261 e. The molecule has 6 heteroatoms. The second-order valence-electron chi connectivity index (χ2n) is 3.81. The summed E-state index contributed by atoms with van der Waals surface area (Å²) in [6, 6.07) is 8.10. The summed E-state index contributed by atoms with van der Waals surface area (Å²) in [6.45, 7) is 1.78. The Balaban J connectivity index is 2.91. The van der Waals surface area contributed by atoms with Crippen molar-refractivity contribution in [1.29, 1.82) is 0 Å². The predicted octanol–water partition coefficient (Wildman–Crippen LogP) is 3.04. The third-order valence-corrected chi connectivity index (χ3v) is 3.84. The molecule has 0 unspecified atom stereocenters. The lowest BCUT2D eigenvalue weighted by molar-refractivity contribution is 0.565. The summed E-state index contributed by atoms with van der Waals surface area (Å²) < 4.78 is 23.1. The van der Waals surface area contributed by atoms with Crippen LogP contribution in [-0.4, -0.2) is 14.5 Å². The fourth-order valence-electron chi connectivity index (χ4n) is 1.78. The molecule has 0 aliphatic carbocycles. The van der Waals surface area contributed by atoms with E-state index >= 15 is 0 Å². The van der Waals surface area contributed by atoms with E-state index in [4.69, 9.17) is 10.7 Å². The Bertz CT molecular complexity index is 777. The zero-order chi connectivity index (χ0) is 13.3. The molecular weight excluding hydrogens is 274 g/mol. The van der Waals surface area contributed by atoms with Crippen LogP contribution in [0.15, 0.2) is 40.2 Å². The largest absolute Gasteiger partial charge is 0.261 e. The van der Waals surface area contributed by atoms with Crippen LogP contribution in [0.3, 0.4) is 0 Å². The van der Waals surface area contributed by atoms with Crippen molar-refractivity contribution in [3.8, 4) is 0 Å². The van der Waals surface area contributed by atoms with Crippen molar-refractivity contribution in [3.05, 3.63) is 35.9 Å². The number of hydrogen-bond acceptors (Lipinski definition) is 4. The van der Waals surface area contributed by atoms with E-state index in [9.17, 15) is 13.2 Å². The van der Waals surface area contributed by atoms with Gasteiger partial charge in [0, 0.05) is 16.1 Å². The number of carbonyl (C=O) groups excluding carboxylic acids is 1. The van der Waals surface area contributed by atoms with Crippen molar-refractivity contribution >= 4 is 42.3 Å². The van der Waals surface area contributed by atoms with Gasteiger partial charge in [-0.3, -0.25) is 0 Å². The lowest BCUT2D eigenvalue weighted by Gasteiger charge is -2.06. The van der Waals surface area contributed by atoms with Gasteiger partial charge < -0.3 is 0 Å². The van der Waals surface area contributed by atoms with Gasteiger partial charge in [0.1, 0.15) is 0 Å². The zero-order valence-electron chi connectivity index (χ0n) is 9.34. The summed E-state index contributed by atoms with van der Waals surface area (Å²) >= 11 is 0. The second-order valence-corrected chi connectivity index (χ2v) is 6.34. The molecule has 92 valence electrons.